The molecule has 9 aromatic rings. The summed E-state index contributed by atoms with van der Waals surface area (Å²) in [4.78, 5) is 15.7. The molecule has 0 radical (unpaired) electrons. The zero-order chi connectivity index (χ0) is 29.0. The summed E-state index contributed by atoms with van der Waals surface area (Å²) >= 11 is 0. The predicted octanol–water partition coefficient (Wildman–Crippen LogP) is 9.38. The van der Waals surface area contributed by atoms with Crippen molar-refractivity contribution in [2.24, 2.45) is 0 Å². The van der Waals surface area contributed by atoms with Crippen molar-refractivity contribution in [3.8, 4) is 39.6 Å². The molecular weight excluding hydrogens is 538 g/mol. The van der Waals surface area contributed by atoms with Crippen molar-refractivity contribution < 1.29 is 0 Å². The Kier molecular flexibility index (Phi) is 5.43. The predicted molar refractivity (Wildman–Crippen MR) is 179 cm³/mol. The Labute approximate surface area is 253 Å². The normalized spacial score (nSPS) is 11.6. The van der Waals surface area contributed by atoms with E-state index in [0.717, 1.165) is 72.1 Å². The number of pyridine rings is 1. The lowest BCUT2D eigenvalue weighted by Crippen LogP contribution is -2.06. The molecular formula is C39H25N5. The molecule has 0 aliphatic rings. The first-order valence-electron chi connectivity index (χ1n) is 14.7. The summed E-state index contributed by atoms with van der Waals surface area (Å²) in [6.45, 7) is 0. The van der Waals surface area contributed by atoms with Gasteiger partial charge in [-0.2, -0.15) is 0 Å². The molecule has 4 aromatic heterocycles. The number of imidazole rings is 1. The van der Waals surface area contributed by atoms with Gasteiger partial charge in [0.05, 0.1) is 33.5 Å². The van der Waals surface area contributed by atoms with Crippen molar-refractivity contribution in [2.45, 2.75) is 0 Å². The number of rotatable bonds is 4. The van der Waals surface area contributed by atoms with Gasteiger partial charge in [-0.05, 0) is 41.5 Å². The number of nitrogens with zero attached hydrogens (tertiary/aromatic N) is 5. The molecule has 0 aliphatic heterocycles. The molecule has 0 N–H and O–H groups in total. The minimum absolute atomic E-state index is 0.618. The largest absolute Gasteiger partial charge is 0.298 e. The quantitative estimate of drug-likeness (QED) is 0.214. The molecule has 206 valence electrons. The summed E-state index contributed by atoms with van der Waals surface area (Å²) in [7, 11) is 0. The lowest BCUT2D eigenvalue weighted by atomic mass is 9.98. The van der Waals surface area contributed by atoms with Crippen LogP contribution in [0, 0.1) is 0 Å². The summed E-state index contributed by atoms with van der Waals surface area (Å²) in [5.41, 5.74) is 11.1. The van der Waals surface area contributed by atoms with Crippen molar-refractivity contribution in [3.05, 3.63) is 152 Å². The van der Waals surface area contributed by atoms with Gasteiger partial charge in [0.2, 0.25) is 5.95 Å². The van der Waals surface area contributed by atoms with Crippen LogP contribution < -0.4 is 0 Å². The number of fused-ring (bicyclic) bond motifs is 6. The molecule has 5 nitrogen and oxygen atoms in total. The molecule has 0 aliphatic carbocycles. The minimum Gasteiger partial charge on any atom is -0.298 e. The van der Waals surface area contributed by atoms with Gasteiger partial charge >= 0.3 is 0 Å². The third-order valence-corrected chi connectivity index (χ3v) is 8.35. The Morgan fingerprint density at radius 1 is 0.432 bits per heavy atom. The fraction of sp³-hybridized carbons (Fsp3) is 0. The van der Waals surface area contributed by atoms with Crippen molar-refractivity contribution in [2.75, 3.05) is 0 Å². The van der Waals surface area contributed by atoms with E-state index in [0.29, 0.717) is 5.95 Å². The van der Waals surface area contributed by atoms with Gasteiger partial charge in [0.15, 0.2) is 0 Å². The molecule has 44 heavy (non-hydrogen) atoms. The maximum Gasteiger partial charge on any atom is 0.235 e. The number of hydrogen-bond acceptors (Lipinski definition) is 3. The highest BCUT2D eigenvalue weighted by Gasteiger charge is 2.26. The van der Waals surface area contributed by atoms with Crippen molar-refractivity contribution in [3.63, 3.8) is 0 Å². The SMILES string of the molecule is c1ccc(-c2nc(-n3c(-c4ccccc4)c(-c4ccccc4)c4ccc5nc6ccccn6c5c43)nc3ccccc23)cc1. The summed E-state index contributed by atoms with van der Waals surface area (Å²) in [6, 6.07) is 50.3. The Bertz CT molecular complexity index is 2480. The van der Waals surface area contributed by atoms with Crippen LogP contribution in [-0.2, 0) is 0 Å². The highest BCUT2D eigenvalue weighted by Crippen LogP contribution is 2.45. The zero-order valence-electron chi connectivity index (χ0n) is 23.7. The third kappa shape index (κ3) is 3.69. The highest BCUT2D eigenvalue weighted by molar-refractivity contribution is 6.15. The first-order chi connectivity index (χ1) is 21.8. The maximum absolute atomic E-state index is 5.38. The maximum atomic E-state index is 5.38. The van der Waals surface area contributed by atoms with E-state index < -0.39 is 0 Å². The van der Waals surface area contributed by atoms with Crippen LogP contribution in [0.4, 0.5) is 0 Å². The second kappa shape index (κ2) is 9.75. The number of aromatic nitrogens is 5. The van der Waals surface area contributed by atoms with Gasteiger partial charge in [-0.1, -0.05) is 115 Å². The van der Waals surface area contributed by atoms with E-state index in [2.05, 4.69) is 136 Å². The number of hydrogen-bond donors (Lipinski definition) is 0. The van der Waals surface area contributed by atoms with Gasteiger partial charge in [-0.3, -0.25) is 8.97 Å². The van der Waals surface area contributed by atoms with E-state index in [9.17, 15) is 0 Å². The van der Waals surface area contributed by atoms with Gasteiger partial charge in [0.25, 0.3) is 0 Å². The zero-order valence-corrected chi connectivity index (χ0v) is 23.7. The summed E-state index contributed by atoms with van der Waals surface area (Å²) in [5.74, 6) is 0.618. The van der Waals surface area contributed by atoms with E-state index in [1.807, 2.05) is 24.3 Å². The Hall–Kier alpha value is -6.07. The van der Waals surface area contributed by atoms with Crippen molar-refractivity contribution in [1.29, 1.82) is 0 Å². The van der Waals surface area contributed by atoms with Crippen LogP contribution in [0.25, 0.3) is 78.1 Å². The fourth-order valence-corrected chi connectivity index (χ4v) is 6.46. The van der Waals surface area contributed by atoms with Gasteiger partial charge < -0.3 is 0 Å². The summed E-state index contributed by atoms with van der Waals surface area (Å²) in [6.07, 6.45) is 2.09. The lowest BCUT2D eigenvalue weighted by Gasteiger charge is -2.15. The van der Waals surface area contributed by atoms with Crippen molar-refractivity contribution in [1.82, 2.24) is 23.9 Å². The van der Waals surface area contributed by atoms with Crippen LogP contribution in [0.1, 0.15) is 0 Å². The topological polar surface area (TPSA) is 48.0 Å². The van der Waals surface area contributed by atoms with Gasteiger partial charge in [0.1, 0.15) is 5.65 Å². The molecule has 0 unspecified atom stereocenters. The van der Waals surface area contributed by atoms with Gasteiger partial charge in [0, 0.05) is 28.1 Å². The highest BCUT2D eigenvalue weighted by atomic mass is 15.2. The number of benzene rings is 5. The Morgan fingerprint density at radius 3 is 1.86 bits per heavy atom. The fourth-order valence-electron chi connectivity index (χ4n) is 6.46. The van der Waals surface area contributed by atoms with E-state index >= 15 is 0 Å². The summed E-state index contributed by atoms with van der Waals surface area (Å²) in [5, 5.41) is 2.13. The molecule has 5 heteroatoms. The van der Waals surface area contributed by atoms with Gasteiger partial charge in [-0.25, -0.2) is 15.0 Å². The Balaban J connectivity index is 1.53. The molecule has 0 saturated heterocycles. The monoisotopic (exact) mass is 563 g/mol. The lowest BCUT2D eigenvalue weighted by molar-refractivity contribution is 0.991. The first kappa shape index (κ1) is 24.5. The smallest absolute Gasteiger partial charge is 0.235 e. The first-order valence-corrected chi connectivity index (χ1v) is 14.7. The van der Waals surface area contributed by atoms with Crippen molar-refractivity contribution >= 4 is 38.5 Å². The molecule has 0 saturated carbocycles. The van der Waals surface area contributed by atoms with Crippen LogP contribution in [0.5, 0.6) is 0 Å². The van der Waals surface area contributed by atoms with Crippen LogP contribution in [-0.4, -0.2) is 23.9 Å². The molecule has 0 fully saturated rings. The van der Waals surface area contributed by atoms with Crippen LogP contribution in [0.3, 0.4) is 0 Å². The molecule has 9 rings (SSSR count). The molecule has 0 spiro atoms. The molecule has 0 atom stereocenters. The number of para-hydroxylation sites is 1. The standard InChI is InChI=1S/C39H25N5/c1-4-14-26(15-5-1)34-30-23-24-32-38(43-25-13-12-22-33(43)40-32)37(30)44(36(34)28-18-8-3-9-19-28)39-41-31-21-11-10-20-29(31)35(42-39)27-16-6-2-7-17-27/h1-25H. The van der Waals surface area contributed by atoms with Crippen LogP contribution >= 0.6 is 0 Å². The van der Waals surface area contributed by atoms with E-state index in [4.69, 9.17) is 15.0 Å². The van der Waals surface area contributed by atoms with E-state index in [1.54, 1.807) is 0 Å². The van der Waals surface area contributed by atoms with Crippen LogP contribution in [0.15, 0.2) is 152 Å². The molecule has 0 bridgehead atoms. The minimum atomic E-state index is 0.618. The molecule has 4 heterocycles. The van der Waals surface area contributed by atoms with Gasteiger partial charge in [-0.15, -0.1) is 0 Å². The second-order valence-electron chi connectivity index (χ2n) is 10.9. The third-order valence-electron chi connectivity index (χ3n) is 8.35. The van der Waals surface area contributed by atoms with E-state index in [1.165, 1.54) is 0 Å². The summed E-state index contributed by atoms with van der Waals surface area (Å²) < 4.78 is 4.44. The van der Waals surface area contributed by atoms with Crippen LogP contribution in [0.2, 0.25) is 0 Å². The Morgan fingerprint density at radius 2 is 1.09 bits per heavy atom. The average molecular weight is 564 g/mol. The molecule has 5 aromatic carbocycles. The average Bonchev–Trinajstić information content (AvgIpc) is 3.65. The molecule has 0 amide bonds. The van der Waals surface area contributed by atoms with E-state index in [-0.39, 0.29) is 0 Å². The second-order valence-corrected chi connectivity index (χ2v) is 10.9.